The SMILES string of the molecule is CCOC(=C1CC1)c1cc(Cl)n2nccc2n1. The summed E-state index contributed by atoms with van der Waals surface area (Å²) in [6, 6.07) is 3.63. The molecule has 0 aliphatic heterocycles. The van der Waals surface area contributed by atoms with Crippen LogP contribution in [-0.2, 0) is 4.74 Å². The van der Waals surface area contributed by atoms with E-state index in [9.17, 15) is 0 Å². The number of ether oxygens (including phenoxy) is 1. The summed E-state index contributed by atoms with van der Waals surface area (Å²) in [6.45, 7) is 2.62. The average molecular weight is 250 g/mol. The van der Waals surface area contributed by atoms with Gasteiger partial charge in [0.05, 0.1) is 12.8 Å². The van der Waals surface area contributed by atoms with E-state index in [0.29, 0.717) is 11.8 Å². The predicted octanol–water partition coefficient (Wildman–Crippen LogP) is 2.92. The van der Waals surface area contributed by atoms with Gasteiger partial charge in [0, 0.05) is 12.1 Å². The van der Waals surface area contributed by atoms with Gasteiger partial charge in [-0.25, -0.2) is 9.50 Å². The highest BCUT2D eigenvalue weighted by molar-refractivity contribution is 6.29. The Labute approximate surface area is 104 Å². The number of halogens is 1. The Kier molecular flexibility index (Phi) is 2.52. The van der Waals surface area contributed by atoms with Crippen LogP contribution in [-0.4, -0.2) is 21.2 Å². The Morgan fingerprint density at radius 1 is 1.53 bits per heavy atom. The van der Waals surface area contributed by atoms with E-state index in [2.05, 4.69) is 10.1 Å². The molecule has 17 heavy (non-hydrogen) atoms. The maximum Gasteiger partial charge on any atom is 0.157 e. The summed E-state index contributed by atoms with van der Waals surface area (Å²) in [5.41, 5.74) is 2.86. The van der Waals surface area contributed by atoms with Gasteiger partial charge < -0.3 is 4.74 Å². The molecule has 2 heterocycles. The van der Waals surface area contributed by atoms with E-state index >= 15 is 0 Å². The predicted molar refractivity (Wildman–Crippen MR) is 65.8 cm³/mol. The monoisotopic (exact) mass is 249 g/mol. The van der Waals surface area contributed by atoms with Gasteiger partial charge >= 0.3 is 0 Å². The van der Waals surface area contributed by atoms with Gasteiger partial charge in [0.1, 0.15) is 16.6 Å². The van der Waals surface area contributed by atoms with Crippen molar-refractivity contribution < 1.29 is 4.74 Å². The summed E-state index contributed by atoms with van der Waals surface area (Å²) < 4.78 is 7.26. The van der Waals surface area contributed by atoms with E-state index in [0.717, 1.165) is 29.9 Å². The van der Waals surface area contributed by atoms with Crippen LogP contribution in [0.4, 0.5) is 0 Å². The summed E-state index contributed by atoms with van der Waals surface area (Å²) in [5, 5.41) is 4.64. The van der Waals surface area contributed by atoms with E-state index in [1.54, 1.807) is 16.8 Å². The number of hydrogen-bond acceptors (Lipinski definition) is 3. The Balaban J connectivity index is 2.13. The Morgan fingerprint density at radius 2 is 2.35 bits per heavy atom. The fraction of sp³-hybridized carbons (Fsp3) is 0.333. The second-order valence-electron chi connectivity index (χ2n) is 3.93. The normalized spacial score (nSPS) is 14.1. The topological polar surface area (TPSA) is 39.4 Å². The molecule has 0 spiro atoms. The second-order valence-corrected chi connectivity index (χ2v) is 4.32. The van der Waals surface area contributed by atoms with Gasteiger partial charge in [-0.15, -0.1) is 0 Å². The van der Waals surface area contributed by atoms with Gasteiger partial charge in [-0.1, -0.05) is 11.6 Å². The molecule has 0 bridgehead atoms. The molecule has 88 valence electrons. The van der Waals surface area contributed by atoms with Gasteiger partial charge in [0.25, 0.3) is 0 Å². The molecule has 0 amide bonds. The standard InChI is InChI=1S/C12H12ClN3O/c1-2-17-12(8-3-4-8)9-7-10(13)16-11(15-9)5-6-14-16/h5-7H,2-4H2,1H3. The zero-order valence-corrected chi connectivity index (χ0v) is 10.2. The number of nitrogens with zero attached hydrogens (tertiary/aromatic N) is 3. The average Bonchev–Trinajstić information content (AvgIpc) is 3.03. The third kappa shape index (κ3) is 1.89. The molecule has 5 heteroatoms. The second kappa shape index (κ2) is 4.04. The minimum Gasteiger partial charge on any atom is -0.492 e. The lowest BCUT2D eigenvalue weighted by Gasteiger charge is -2.08. The third-order valence-corrected chi connectivity index (χ3v) is 2.93. The smallest absolute Gasteiger partial charge is 0.157 e. The molecular weight excluding hydrogens is 238 g/mol. The Bertz CT molecular complexity index is 597. The number of hydrogen-bond donors (Lipinski definition) is 0. The largest absolute Gasteiger partial charge is 0.492 e. The molecule has 2 aromatic rings. The van der Waals surface area contributed by atoms with Crippen molar-refractivity contribution in [1.82, 2.24) is 14.6 Å². The first-order chi connectivity index (χ1) is 8.29. The molecule has 4 nitrogen and oxygen atoms in total. The Hall–Kier alpha value is -1.55. The minimum atomic E-state index is 0.549. The summed E-state index contributed by atoms with van der Waals surface area (Å²) >= 11 is 6.16. The lowest BCUT2D eigenvalue weighted by Crippen LogP contribution is -1.99. The van der Waals surface area contributed by atoms with Gasteiger partial charge in [-0.05, 0) is 25.3 Å². The Morgan fingerprint density at radius 3 is 3.06 bits per heavy atom. The van der Waals surface area contributed by atoms with E-state index in [4.69, 9.17) is 16.3 Å². The van der Waals surface area contributed by atoms with Crippen LogP contribution in [0.2, 0.25) is 5.15 Å². The molecule has 0 radical (unpaired) electrons. The van der Waals surface area contributed by atoms with E-state index in [-0.39, 0.29) is 0 Å². The van der Waals surface area contributed by atoms with Crippen LogP contribution in [0, 0.1) is 0 Å². The highest BCUT2D eigenvalue weighted by Crippen LogP contribution is 2.37. The molecular formula is C12H12ClN3O. The van der Waals surface area contributed by atoms with Crippen LogP contribution in [0.1, 0.15) is 25.5 Å². The van der Waals surface area contributed by atoms with Crippen molar-refractivity contribution in [2.45, 2.75) is 19.8 Å². The molecule has 0 atom stereocenters. The van der Waals surface area contributed by atoms with Crippen molar-refractivity contribution in [3.8, 4) is 0 Å². The molecule has 3 rings (SSSR count). The van der Waals surface area contributed by atoms with Crippen LogP contribution in [0.5, 0.6) is 0 Å². The van der Waals surface area contributed by atoms with E-state index in [1.807, 2.05) is 13.0 Å². The van der Waals surface area contributed by atoms with Crippen LogP contribution in [0.25, 0.3) is 11.4 Å². The van der Waals surface area contributed by atoms with Crippen molar-refractivity contribution in [2.24, 2.45) is 0 Å². The number of rotatable bonds is 3. The first kappa shape index (κ1) is 10.6. The van der Waals surface area contributed by atoms with Gasteiger partial charge in [0.15, 0.2) is 5.65 Å². The fourth-order valence-corrected chi connectivity index (χ4v) is 2.02. The maximum absolute atomic E-state index is 6.16. The first-order valence-corrected chi connectivity index (χ1v) is 6.03. The van der Waals surface area contributed by atoms with Crippen LogP contribution in [0.15, 0.2) is 23.9 Å². The summed E-state index contributed by atoms with van der Waals surface area (Å²) in [4.78, 5) is 4.51. The molecule has 1 saturated carbocycles. The lowest BCUT2D eigenvalue weighted by atomic mass is 10.3. The van der Waals surface area contributed by atoms with Crippen molar-refractivity contribution >= 4 is 23.0 Å². The molecule has 1 fully saturated rings. The molecule has 2 aromatic heterocycles. The third-order valence-electron chi connectivity index (χ3n) is 2.66. The number of allylic oxidation sites excluding steroid dienone is 1. The lowest BCUT2D eigenvalue weighted by molar-refractivity contribution is 0.295. The zero-order chi connectivity index (χ0) is 11.8. The van der Waals surface area contributed by atoms with Gasteiger partial charge in [-0.3, -0.25) is 0 Å². The molecule has 0 N–H and O–H groups in total. The summed E-state index contributed by atoms with van der Waals surface area (Å²) in [7, 11) is 0. The molecule has 1 aliphatic rings. The van der Waals surface area contributed by atoms with Crippen molar-refractivity contribution in [1.29, 1.82) is 0 Å². The highest BCUT2D eigenvalue weighted by atomic mass is 35.5. The minimum absolute atomic E-state index is 0.549. The van der Waals surface area contributed by atoms with Crippen molar-refractivity contribution in [3.05, 3.63) is 34.7 Å². The number of fused-ring (bicyclic) bond motifs is 1. The fourth-order valence-electron chi connectivity index (χ4n) is 1.78. The molecule has 1 aliphatic carbocycles. The maximum atomic E-state index is 6.16. The van der Waals surface area contributed by atoms with Crippen LogP contribution >= 0.6 is 11.6 Å². The van der Waals surface area contributed by atoms with Crippen LogP contribution in [0.3, 0.4) is 0 Å². The van der Waals surface area contributed by atoms with E-state index in [1.165, 1.54) is 5.57 Å². The van der Waals surface area contributed by atoms with Crippen LogP contribution < -0.4 is 0 Å². The zero-order valence-electron chi connectivity index (χ0n) is 9.48. The molecule has 0 aromatic carbocycles. The quantitative estimate of drug-likeness (QED) is 0.620. The van der Waals surface area contributed by atoms with Crippen molar-refractivity contribution in [2.75, 3.05) is 6.61 Å². The molecule has 0 saturated heterocycles. The number of aromatic nitrogens is 3. The highest BCUT2D eigenvalue weighted by Gasteiger charge is 2.22. The summed E-state index contributed by atoms with van der Waals surface area (Å²) in [6.07, 6.45) is 3.88. The van der Waals surface area contributed by atoms with Gasteiger partial charge in [-0.2, -0.15) is 5.10 Å². The van der Waals surface area contributed by atoms with Crippen molar-refractivity contribution in [3.63, 3.8) is 0 Å². The first-order valence-electron chi connectivity index (χ1n) is 5.65. The molecule has 0 unspecified atom stereocenters. The van der Waals surface area contributed by atoms with Gasteiger partial charge in [0.2, 0.25) is 0 Å². The van der Waals surface area contributed by atoms with E-state index < -0.39 is 0 Å². The summed E-state index contributed by atoms with van der Waals surface area (Å²) in [5.74, 6) is 0.887.